The lowest BCUT2D eigenvalue weighted by Crippen LogP contribution is -2.43. The Balaban J connectivity index is 2.82. The normalized spacial score (nSPS) is 10.8. The number of aryl methyl sites for hydroxylation is 2. The van der Waals surface area contributed by atoms with Gasteiger partial charge in [-0.25, -0.2) is 0 Å². The van der Waals surface area contributed by atoms with E-state index in [0.717, 1.165) is 13.1 Å². The zero-order chi connectivity index (χ0) is 10.4. The van der Waals surface area contributed by atoms with Gasteiger partial charge in [-0.05, 0) is 12.8 Å². The highest BCUT2D eigenvalue weighted by molar-refractivity contribution is 4.96. The summed E-state index contributed by atoms with van der Waals surface area (Å²) in [6.07, 6.45) is 7.10. The minimum atomic E-state index is 1.14. The van der Waals surface area contributed by atoms with Gasteiger partial charge in [-0.1, -0.05) is 27.2 Å². The Morgan fingerprint density at radius 1 is 1.14 bits per heavy atom. The molecule has 1 heterocycles. The maximum atomic E-state index is 2.44. The van der Waals surface area contributed by atoms with Crippen molar-refractivity contribution in [3.63, 3.8) is 0 Å². The number of aromatic nitrogens is 2. The monoisotopic (exact) mass is 195 g/mol. The molecule has 14 heavy (non-hydrogen) atoms. The summed E-state index contributed by atoms with van der Waals surface area (Å²) in [5.74, 6) is 0. The van der Waals surface area contributed by atoms with Crippen LogP contribution in [0, 0.1) is 0 Å². The highest BCUT2D eigenvalue weighted by Gasteiger charge is 2.12. The zero-order valence-corrected chi connectivity index (χ0v) is 9.79. The molecule has 0 amide bonds. The molecule has 0 saturated heterocycles. The molecule has 0 aliphatic heterocycles. The van der Waals surface area contributed by atoms with Gasteiger partial charge < -0.3 is 0 Å². The lowest BCUT2D eigenvalue weighted by molar-refractivity contribution is -0.776. The summed E-state index contributed by atoms with van der Waals surface area (Å²) >= 11 is 0. The molecule has 0 atom stereocenters. The van der Waals surface area contributed by atoms with Crippen LogP contribution in [0.1, 0.15) is 45.7 Å². The standard InChI is InChI=1S/C12H23N2/c1-4-7-12-8-11-13(9-5-2)14(12)10-6-3/h8,11H,4-7,9-10H2,1-3H3/q+1. The number of hydrogen-bond acceptors (Lipinski definition) is 0. The Morgan fingerprint density at radius 2 is 1.93 bits per heavy atom. The predicted octanol–water partition coefficient (Wildman–Crippen LogP) is 2.55. The second kappa shape index (κ2) is 5.84. The quantitative estimate of drug-likeness (QED) is 0.617. The molecule has 1 rings (SSSR count). The summed E-state index contributed by atoms with van der Waals surface area (Å²) in [5.41, 5.74) is 1.49. The summed E-state index contributed by atoms with van der Waals surface area (Å²) < 4.78 is 4.79. The molecule has 2 nitrogen and oxygen atoms in total. The highest BCUT2D eigenvalue weighted by atomic mass is 15.4. The average Bonchev–Trinajstić information content (AvgIpc) is 2.52. The van der Waals surface area contributed by atoms with E-state index < -0.39 is 0 Å². The summed E-state index contributed by atoms with van der Waals surface area (Å²) in [6.45, 7) is 9.02. The molecule has 0 radical (unpaired) electrons. The Kier molecular flexibility index (Phi) is 4.71. The minimum absolute atomic E-state index is 1.14. The lowest BCUT2D eigenvalue weighted by atomic mass is 10.2. The molecule has 80 valence electrons. The molecule has 0 aliphatic carbocycles. The van der Waals surface area contributed by atoms with Gasteiger partial charge in [0.05, 0.1) is 12.2 Å². The van der Waals surface area contributed by atoms with Gasteiger partial charge in [-0.2, -0.15) is 4.68 Å². The molecule has 0 saturated carbocycles. The van der Waals surface area contributed by atoms with Crippen LogP contribution in [0.15, 0.2) is 12.3 Å². The Hall–Kier alpha value is -0.790. The van der Waals surface area contributed by atoms with E-state index in [-0.39, 0.29) is 0 Å². The van der Waals surface area contributed by atoms with Crippen LogP contribution in [0.3, 0.4) is 0 Å². The molecular weight excluding hydrogens is 172 g/mol. The average molecular weight is 195 g/mol. The van der Waals surface area contributed by atoms with Gasteiger partial charge in [0, 0.05) is 12.5 Å². The van der Waals surface area contributed by atoms with Crippen molar-refractivity contribution in [2.45, 2.75) is 59.5 Å². The first kappa shape index (κ1) is 11.3. The topological polar surface area (TPSA) is 8.81 Å². The molecule has 0 aromatic carbocycles. The first-order valence-corrected chi connectivity index (χ1v) is 5.91. The van der Waals surface area contributed by atoms with E-state index in [4.69, 9.17) is 0 Å². The fourth-order valence-electron chi connectivity index (χ4n) is 1.88. The summed E-state index contributed by atoms with van der Waals surface area (Å²) in [5, 5.41) is 0. The maximum Gasteiger partial charge on any atom is 0.195 e. The zero-order valence-electron chi connectivity index (χ0n) is 9.79. The molecule has 0 bridgehead atoms. The van der Waals surface area contributed by atoms with Crippen LogP contribution >= 0.6 is 0 Å². The smallest absolute Gasteiger partial charge is 0.158 e. The van der Waals surface area contributed by atoms with Crippen molar-refractivity contribution in [2.75, 3.05) is 0 Å². The van der Waals surface area contributed by atoms with E-state index in [1.807, 2.05) is 0 Å². The van der Waals surface area contributed by atoms with Gasteiger partial charge in [-0.3, -0.25) is 0 Å². The first-order chi connectivity index (χ1) is 6.83. The van der Waals surface area contributed by atoms with Crippen molar-refractivity contribution in [2.24, 2.45) is 0 Å². The second-order valence-electron chi connectivity index (χ2n) is 3.84. The molecule has 2 heteroatoms. The van der Waals surface area contributed by atoms with E-state index in [0.29, 0.717) is 0 Å². The third-order valence-corrected chi connectivity index (χ3v) is 2.47. The molecule has 1 aromatic rings. The fourth-order valence-corrected chi connectivity index (χ4v) is 1.88. The molecule has 0 spiro atoms. The van der Waals surface area contributed by atoms with Gasteiger partial charge in [0.25, 0.3) is 0 Å². The molecule has 1 aromatic heterocycles. The van der Waals surface area contributed by atoms with Crippen LogP contribution in [0.25, 0.3) is 0 Å². The molecule has 0 unspecified atom stereocenters. The number of hydrogen-bond donors (Lipinski definition) is 0. The molecule has 0 aliphatic rings. The van der Waals surface area contributed by atoms with Crippen LogP contribution < -0.4 is 4.68 Å². The van der Waals surface area contributed by atoms with E-state index >= 15 is 0 Å². The van der Waals surface area contributed by atoms with Crippen LogP contribution in [-0.4, -0.2) is 4.68 Å². The summed E-state index contributed by atoms with van der Waals surface area (Å²) in [6, 6.07) is 2.27. The largest absolute Gasteiger partial charge is 0.195 e. The summed E-state index contributed by atoms with van der Waals surface area (Å²) in [7, 11) is 0. The van der Waals surface area contributed by atoms with E-state index in [1.165, 1.54) is 31.4 Å². The van der Waals surface area contributed by atoms with Crippen molar-refractivity contribution < 1.29 is 4.68 Å². The Bertz CT molecular complexity index is 240. The predicted molar refractivity (Wildman–Crippen MR) is 59.2 cm³/mol. The SMILES string of the molecule is CCCc1cc[n+](CCC)n1CCC. The molecular formula is C12H23N2+. The van der Waals surface area contributed by atoms with Crippen LogP contribution in [-0.2, 0) is 19.5 Å². The van der Waals surface area contributed by atoms with Gasteiger partial charge in [0.2, 0.25) is 0 Å². The van der Waals surface area contributed by atoms with Gasteiger partial charge >= 0.3 is 0 Å². The van der Waals surface area contributed by atoms with Gasteiger partial charge in [-0.15, -0.1) is 4.68 Å². The third kappa shape index (κ3) is 2.60. The number of rotatable bonds is 6. The maximum absolute atomic E-state index is 2.44. The van der Waals surface area contributed by atoms with E-state index in [1.54, 1.807) is 0 Å². The molecule has 0 fully saturated rings. The van der Waals surface area contributed by atoms with Crippen molar-refractivity contribution in [3.05, 3.63) is 18.0 Å². The van der Waals surface area contributed by atoms with E-state index in [2.05, 4.69) is 42.4 Å². The Morgan fingerprint density at radius 3 is 2.50 bits per heavy atom. The van der Waals surface area contributed by atoms with Gasteiger partial charge in [0.15, 0.2) is 12.7 Å². The minimum Gasteiger partial charge on any atom is -0.158 e. The Labute approximate surface area is 87.5 Å². The lowest BCUT2D eigenvalue weighted by Gasteiger charge is -2.04. The molecule has 0 N–H and O–H groups in total. The third-order valence-electron chi connectivity index (χ3n) is 2.47. The van der Waals surface area contributed by atoms with Crippen LogP contribution in [0.5, 0.6) is 0 Å². The van der Waals surface area contributed by atoms with E-state index in [9.17, 15) is 0 Å². The highest BCUT2D eigenvalue weighted by Crippen LogP contribution is 2.02. The van der Waals surface area contributed by atoms with Crippen molar-refractivity contribution in [1.82, 2.24) is 4.68 Å². The van der Waals surface area contributed by atoms with Crippen LogP contribution in [0.4, 0.5) is 0 Å². The van der Waals surface area contributed by atoms with Crippen molar-refractivity contribution in [1.29, 1.82) is 0 Å². The second-order valence-corrected chi connectivity index (χ2v) is 3.84. The van der Waals surface area contributed by atoms with Crippen molar-refractivity contribution >= 4 is 0 Å². The first-order valence-electron chi connectivity index (χ1n) is 5.91. The van der Waals surface area contributed by atoms with Crippen molar-refractivity contribution in [3.8, 4) is 0 Å². The van der Waals surface area contributed by atoms with Crippen LogP contribution in [0.2, 0.25) is 0 Å². The summed E-state index contributed by atoms with van der Waals surface area (Å²) in [4.78, 5) is 0. The number of nitrogens with zero attached hydrogens (tertiary/aromatic N) is 2. The van der Waals surface area contributed by atoms with Gasteiger partial charge in [0.1, 0.15) is 0 Å². The fraction of sp³-hybridized carbons (Fsp3) is 0.750.